The van der Waals surface area contributed by atoms with Crippen LogP contribution < -0.4 is 4.90 Å². The molecular formula is C24H26F5N5O2. The number of benzene rings is 1. The van der Waals surface area contributed by atoms with Crippen LogP contribution in [0.25, 0.3) is 22.2 Å². The summed E-state index contributed by atoms with van der Waals surface area (Å²) in [6, 6.07) is 2.34. The summed E-state index contributed by atoms with van der Waals surface area (Å²) in [4.78, 5) is 9.10. The Hall–Kier alpha value is -2.99. The van der Waals surface area contributed by atoms with Gasteiger partial charge in [0, 0.05) is 69.2 Å². The van der Waals surface area contributed by atoms with E-state index in [9.17, 15) is 27.1 Å². The summed E-state index contributed by atoms with van der Waals surface area (Å²) >= 11 is 0. The zero-order valence-corrected chi connectivity index (χ0v) is 19.8. The largest absolute Gasteiger partial charge is 0.503 e. The van der Waals surface area contributed by atoms with Crippen molar-refractivity contribution >= 4 is 16.7 Å². The highest BCUT2D eigenvalue weighted by atomic mass is 19.4. The molecule has 2 aliphatic rings. The van der Waals surface area contributed by atoms with Crippen LogP contribution in [-0.2, 0) is 18.0 Å². The molecule has 0 radical (unpaired) electrons. The highest BCUT2D eigenvalue weighted by Crippen LogP contribution is 2.42. The maximum atomic E-state index is 14.8. The molecular weight excluding hydrogens is 485 g/mol. The average Bonchev–Trinajstić information content (AvgIpc) is 3.18. The highest BCUT2D eigenvalue weighted by Gasteiger charge is 2.38. The number of pyridine rings is 1. The molecule has 4 heterocycles. The number of piperazine rings is 1. The molecule has 1 N–H and O–H groups in total. The van der Waals surface area contributed by atoms with Gasteiger partial charge in [-0.3, -0.25) is 4.68 Å². The van der Waals surface area contributed by atoms with Crippen molar-refractivity contribution in [3.8, 4) is 17.0 Å². The van der Waals surface area contributed by atoms with Gasteiger partial charge in [0.2, 0.25) is 0 Å². The number of hydrogen-bond acceptors (Lipinski definition) is 6. The van der Waals surface area contributed by atoms with Gasteiger partial charge >= 0.3 is 6.18 Å². The lowest BCUT2D eigenvalue weighted by molar-refractivity contribution is -0.140. The SMILES string of the molecule is CN1CCN(c2cc3c(cn2)c(-c2cc(C(F)(F)F)c(F)c(O)c2F)nn3C)C(C2CCOCC2)C1. The minimum Gasteiger partial charge on any atom is -0.503 e. The van der Waals surface area contributed by atoms with Gasteiger partial charge in [-0.1, -0.05) is 0 Å². The van der Waals surface area contributed by atoms with Crippen LogP contribution in [0.15, 0.2) is 18.3 Å². The predicted octanol–water partition coefficient (Wildman–Crippen LogP) is 4.18. The van der Waals surface area contributed by atoms with Crippen molar-refractivity contribution in [2.45, 2.75) is 25.1 Å². The number of aryl methyl sites for hydroxylation is 1. The highest BCUT2D eigenvalue weighted by molar-refractivity contribution is 5.94. The lowest BCUT2D eigenvalue weighted by Gasteiger charge is -2.45. The summed E-state index contributed by atoms with van der Waals surface area (Å²) in [7, 11) is 3.66. The van der Waals surface area contributed by atoms with Crippen molar-refractivity contribution in [3.05, 3.63) is 35.5 Å². The van der Waals surface area contributed by atoms with Crippen LogP contribution in [0.3, 0.4) is 0 Å². The summed E-state index contributed by atoms with van der Waals surface area (Å²) in [5.41, 5.74) is -2.06. The molecule has 0 spiro atoms. The predicted molar refractivity (Wildman–Crippen MR) is 123 cm³/mol. The third-order valence-corrected chi connectivity index (χ3v) is 7.19. The number of anilines is 1. The number of ether oxygens (including phenoxy) is 1. The molecule has 2 aliphatic heterocycles. The van der Waals surface area contributed by atoms with E-state index in [1.807, 2.05) is 0 Å². The van der Waals surface area contributed by atoms with E-state index in [2.05, 4.69) is 26.9 Å². The number of aromatic nitrogens is 3. The van der Waals surface area contributed by atoms with Gasteiger partial charge in [0.05, 0.1) is 11.1 Å². The van der Waals surface area contributed by atoms with E-state index in [0.29, 0.717) is 36.5 Å². The normalized spacial score (nSPS) is 20.4. The monoisotopic (exact) mass is 511 g/mol. The molecule has 1 atom stereocenters. The van der Waals surface area contributed by atoms with E-state index >= 15 is 0 Å². The Labute approximate surface area is 204 Å². The number of likely N-dealkylation sites (N-methyl/N-ethyl adjacent to an activating group) is 1. The van der Waals surface area contributed by atoms with Crippen molar-refractivity contribution in [2.75, 3.05) is 44.8 Å². The van der Waals surface area contributed by atoms with Crippen LogP contribution in [0.5, 0.6) is 5.75 Å². The third-order valence-electron chi connectivity index (χ3n) is 7.19. The molecule has 5 rings (SSSR count). The first-order chi connectivity index (χ1) is 17.1. The van der Waals surface area contributed by atoms with Gasteiger partial charge in [0.15, 0.2) is 17.4 Å². The van der Waals surface area contributed by atoms with Crippen LogP contribution in [-0.4, -0.2) is 70.7 Å². The first-order valence-electron chi connectivity index (χ1n) is 11.7. The number of hydrogen-bond donors (Lipinski definition) is 1. The van der Waals surface area contributed by atoms with Crippen LogP contribution in [0.1, 0.15) is 18.4 Å². The molecule has 36 heavy (non-hydrogen) atoms. The van der Waals surface area contributed by atoms with Crippen LogP contribution >= 0.6 is 0 Å². The zero-order valence-electron chi connectivity index (χ0n) is 19.8. The second-order valence-corrected chi connectivity index (χ2v) is 9.45. The van der Waals surface area contributed by atoms with Crippen LogP contribution in [0.4, 0.5) is 27.8 Å². The summed E-state index contributed by atoms with van der Waals surface area (Å²) < 4.78 is 75.7. The fourth-order valence-corrected chi connectivity index (χ4v) is 5.24. The Morgan fingerprint density at radius 3 is 2.47 bits per heavy atom. The maximum absolute atomic E-state index is 14.8. The number of alkyl halides is 3. The fraction of sp³-hybridized carbons (Fsp3) is 0.500. The summed E-state index contributed by atoms with van der Waals surface area (Å²) in [6.45, 7) is 3.88. The molecule has 194 valence electrons. The maximum Gasteiger partial charge on any atom is 0.419 e. The lowest BCUT2D eigenvalue weighted by atomic mass is 9.89. The molecule has 2 saturated heterocycles. The summed E-state index contributed by atoms with van der Waals surface area (Å²) in [5, 5.41) is 14.2. The second-order valence-electron chi connectivity index (χ2n) is 9.45. The Bertz CT molecular complexity index is 1290. The number of phenols is 1. The first kappa shape index (κ1) is 24.7. The minimum absolute atomic E-state index is 0.163. The molecule has 0 amide bonds. The molecule has 0 aliphatic carbocycles. The fourth-order valence-electron chi connectivity index (χ4n) is 5.24. The Balaban J connectivity index is 1.57. The number of aromatic hydroxyl groups is 1. The third kappa shape index (κ3) is 4.26. The van der Waals surface area contributed by atoms with E-state index in [1.165, 1.54) is 10.9 Å². The number of halogens is 5. The van der Waals surface area contributed by atoms with Crippen LogP contribution in [0.2, 0.25) is 0 Å². The van der Waals surface area contributed by atoms with E-state index in [1.54, 1.807) is 13.1 Å². The van der Waals surface area contributed by atoms with Crippen molar-refractivity contribution in [1.29, 1.82) is 0 Å². The van der Waals surface area contributed by atoms with E-state index < -0.39 is 34.7 Å². The van der Waals surface area contributed by atoms with Gasteiger partial charge in [-0.2, -0.15) is 18.3 Å². The van der Waals surface area contributed by atoms with Crippen molar-refractivity contribution in [3.63, 3.8) is 0 Å². The quantitative estimate of drug-likeness (QED) is 0.533. The van der Waals surface area contributed by atoms with Crippen molar-refractivity contribution in [2.24, 2.45) is 13.0 Å². The standard InChI is InChI=1S/C24H26F5N5O2/c1-32-5-6-34(18(12-32)13-3-7-36-8-4-13)19-10-17-15(11-30-19)22(31-33(17)2)14-9-16(24(27,28)29)21(26)23(35)20(14)25/h9-11,13,18,35H,3-8,12H2,1-2H3. The topological polar surface area (TPSA) is 66.7 Å². The first-order valence-corrected chi connectivity index (χ1v) is 11.7. The molecule has 12 heteroatoms. The van der Waals surface area contributed by atoms with Gasteiger partial charge in [-0.25, -0.2) is 13.8 Å². The van der Waals surface area contributed by atoms with Gasteiger partial charge in [-0.15, -0.1) is 0 Å². The van der Waals surface area contributed by atoms with Gasteiger partial charge in [0.1, 0.15) is 11.5 Å². The van der Waals surface area contributed by atoms with Gasteiger partial charge in [0.25, 0.3) is 0 Å². The Morgan fingerprint density at radius 2 is 1.78 bits per heavy atom. The van der Waals surface area contributed by atoms with E-state index in [-0.39, 0.29) is 17.1 Å². The zero-order chi connectivity index (χ0) is 25.8. The smallest absolute Gasteiger partial charge is 0.419 e. The molecule has 1 aromatic carbocycles. The molecule has 7 nitrogen and oxygen atoms in total. The second kappa shape index (κ2) is 9.15. The van der Waals surface area contributed by atoms with Gasteiger partial charge in [-0.05, 0) is 31.9 Å². The Morgan fingerprint density at radius 1 is 1.06 bits per heavy atom. The minimum atomic E-state index is -5.12. The van der Waals surface area contributed by atoms with Gasteiger partial charge < -0.3 is 19.6 Å². The molecule has 0 saturated carbocycles. The molecule has 1 unspecified atom stereocenters. The number of rotatable bonds is 3. The summed E-state index contributed by atoms with van der Waals surface area (Å²) in [6.07, 6.45) is -1.79. The lowest BCUT2D eigenvalue weighted by Crippen LogP contribution is -2.56. The molecule has 0 bridgehead atoms. The number of nitrogens with zero attached hydrogens (tertiary/aromatic N) is 5. The van der Waals surface area contributed by atoms with E-state index in [4.69, 9.17) is 4.74 Å². The molecule has 3 aromatic rings. The molecule has 2 fully saturated rings. The van der Waals surface area contributed by atoms with Crippen LogP contribution in [0, 0.1) is 17.6 Å². The average molecular weight is 511 g/mol. The van der Waals surface area contributed by atoms with Crippen molar-refractivity contribution < 1.29 is 31.8 Å². The van der Waals surface area contributed by atoms with Crippen molar-refractivity contribution in [1.82, 2.24) is 19.7 Å². The summed E-state index contributed by atoms with van der Waals surface area (Å²) in [5.74, 6) is -4.14. The Kier molecular flexibility index (Phi) is 6.27. The van der Waals surface area contributed by atoms with E-state index in [0.717, 1.165) is 32.5 Å². The number of fused-ring (bicyclic) bond motifs is 1. The number of phenolic OH excluding ortho intramolecular Hbond substituents is 1. The molecule has 2 aromatic heterocycles.